The lowest BCUT2D eigenvalue weighted by atomic mass is 9.46. The molecule has 4 aliphatic carbocycles. The largest absolute Gasteiger partial charge is 0.481 e. The summed E-state index contributed by atoms with van der Waals surface area (Å²) in [6.45, 7) is 14.6. The Bertz CT molecular complexity index is 842. The molecule has 10 atom stereocenters. The molecule has 3 saturated carbocycles. The van der Waals surface area contributed by atoms with Crippen molar-refractivity contribution in [1.29, 1.82) is 0 Å². The number of carboxylic acid groups (broad SMARTS) is 1. The second kappa shape index (κ2) is 11.0. The van der Waals surface area contributed by atoms with Gasteiger partial charge in [-0.25, -0.2) is 0 Å². The first-order valence-electron chi connectivity index (χ1n) is 15.3. The lowest BCUT2D eigenvalue weighted by Crippen LogP contribution is -2.50. The van der Waals surface area contributed by atoms with Crippen LogP contribution in [0, 0.1) is 64.1 Å². The van der Waals surface area contributed by atoms with Crippen molar-refractivity contribution in [2.45, 2.75) is 106 Å². The maximum atomic E-state index is 11.9. The minimum Gasteiger partial charge on any atom is -0.481 e. The van der Waals surface area contributed by atoms with Crippen LogP contribution < -0.4 is 0 Å². The minimum absolute atomic E-state index is 0.0277. The number of aliphatic carboxylic acids is 1. The highest BCUT2D eigenvalue weighted by Gasteiger charge is 2.59. The maximum absolute atomic E-state index is 11.9. The number of aliphatic hydroxyl groups excluding tert-OH is 1. The molecule has 2 N–H and O–H groups in total. The van der Waals surface area contributed by atoms with Crippen LogP contribution in [0.4, 0.5) is 0 Å². The van der Waals surface area contributed by atoms with Gasteiger partial charge in [0.1, 0.15) is 0 Å². The zero-order chi connectivity index (χ0) is 26.3. The predicted octanol–water partition coefficient (Wildman–Crippen LogP) is 8.14. The van der Waals surface area contributed by atoms with Gasteiger partial charge >= 0.3 is 5.97 Å². The number of rotatable bonds is 9. The summed E-state index contributed by atoms with van der Waals surface area (Å²) < 4.78 is 0. The van der Waals surface area contributed by atoms with E-state index >= 15 is 0 Å². The van der Waals surface area contributed by atoms with Crippen LogP contribution in [0.1, 0.15) is 106 Å². The van der Waals surface area contributed by atoms with E-state index in [1.807, 2.05) is 0 Å². The Kier molecular flexibility index (Phi) is 8.50. The molecule has 204 valence electrons. The number of hydrogen-bond donors (Lipinski definition) is 2. The number of carboxylic acids is 1. The number of hydrogen-bond acceptors (Lipinski definition) is 2. The highest BCUT2D eigenvalue weighted by atomic mass is 16.4. The topological polar surface area (TPSA) is 57.5 Å². The van der Waals surface area contributed by atoms with E-state index in [4.69, 9.17) is 0 Å². The Hall–Kier alpha value is -1.09. The smallest absolute Gasteiger partial charge is 0.306 e. The first-order valence-corrected chi connectivity index (χ1v) is 15.3. The first-order chi connectivity index (χ1) is 17.1. The predicted molar refractivity (Wildman–Crippen MR) is 148 cm³/mol. The Morgan fingerprint density at radius 3 is 2.47 bits per heavy atom. The summed E-state index contributed by atoms with van der Waals surface area (Å²) in [5, 5.41) is 19.2. The third-order valence-electron chi connectivity index (χ3n) is 12.2. The van der Waals surface area contributed by atoms with Crippen molar-refractivity contribution in [3.63, 3.8) is 0 Å². The molecule has 0 amide bonds. The standard InChI is InChI=1S/C33H54O3/c1-7-23(21(2)3)9-8-22(4)28-12-13-29-27-11-10-25-20-24(26(16-19-34)31(35)36)14-17-32(25,5)30(27)15-18-33(28,29)6/h8-10,21-24,26-30,34H,7,11-20H2,1-6H3,(H,35,36)/b9-8+/t22-,23-,24+,26?,27+,28-,29+,30+,32+,33-/m1/s1. The average molecular weight is 499 g/mol. The van der Waals surface area contributed by atoms with Crippen molar-refractivity contribution in [2.24, 2.45) is 64.1 Å². The third kappa shape index (κ3) is 4.87. The lowest BCUT2D eigenvalue weighted by molar-refractivity contribution is -0.145. The van der Waals surface area contributed by atoms with Crippen molar-refractivity contribution in [2.75, 3.05) is 6.61 Å². The van der Waals surface area contributed by atoms with Gasteiger partial charge in [0.25, 0.3) is 0 Å². The summed E-state index contributed by atoms with van der Waals surface area (Å²) in [6.07, 6.45) is 19.0. The van der Waals surface area contributed by atoms with Crippen molar-refractivity contribution < 1.29 is 15.0 Å². The number of fused-ring (bicyclic) bond motifs is 5. The Morgan fingerprint density at radius 1 is 1.08 bits per heavy atom. The molecule has 0 spiro atoms. The molecule has 3 fully saturated rings. The zero-order valence-corrected chi connectivity index (χ0v) is 24.0. The van der Waals surface area contributed by atoms with Crippen LogP contribution >= 0.6 is 0 Å². The first kappa shape index (κ1) is 27.9. The van der Waals surface area contributed by atoms with Crippen molar-refractivity contribution in [1.82, 2.24) is 0 Å². The Balaban J connectivity index is 1.50. The number of carbonyl (C=O) groups is 1. The van der Waals surface area contributed by atoms with E-state index in [0.29, 0.717) is 29.6 Å². The van der Waals surface area contributed by atoms with Gasteiger partial charge in [0, 0.05) is 6.61 Å². The van der Waals surface area contributed by atoms with Crippen LogP contribution in [-0.4, -0.2) is 22.8 Å². The van der Waals surface area contributed by atoms with Gasteiger partial charge in [0.2, 0.25) is 0 Å². The van der Waals surface area contributed by atoms with Crippen LogP contribution in [0.3, 0.4) is 0 Å². The molecule has 0 aromatic carbocycles. The molecule has 0 radical (unpaired) electrons. The fourth-order valence-electron chi connectivity index (χ4n) is 9.92. The van der Waals surface area contributed by atoms with Gasteiger partial charge in [0.15, 0.2) is 0 Å². The van der Waals surface area contributed by atoms with Crippen LogP contribution in [0.5, 0.6) is 0 Å². The van der Waals surface area contributed by atoms with E-state index in [1.54, 1.807) is 5.57 Å². The van der Waals surface area contributed by atoms with Crippen molar-refractivity contribution in [3.05, 3.63) is 23.8 Å². The molecule has 0 aliphatic heterocycles. The minimum atomic E-state index is -0.723. The van der Waals surface area contributed by atoms with Gasteiger partial charge in [-0.05, 0) is 122 Å². The van der Waals surface area contributed by atoms with Gasteiger partial charge < -0.3 is 10.2 Å². The van der Waals surface area contributed by atoms with Crippen molar-refractivity contribution >= 4 is 5.97 Å². The summed E-state index contributed by atoms with van der Waals surface area (Å²) >= 11 is 0. The van der Waals surface area contributed by atoms with Crippen LogP contribution in [0.25, 0.3) is 0 Å². The molecular weight excluding hydrogens is 444 g/mol. The van der Waals surface area contributed by atoms with E-state index in [2.05, 4.69) is 59.8 Å². The quantitative estimate of drug-likeness (QED) is 0.315. The molecule has 4 aliphatic rings. The molecule has 1 unspecified atom stereocenters. The summed E-state index contributed by atoms with van der Waals surface area (Å²) in [7, 11) is 0. The molecule has 4 rings (SSSR count). The highest BCUT2D eigenvalue weighted by Crippen LogP contribution is 2.67. The van der Waals surface area contributed by atoms with E-state index in [-0.39, 0.29) is 17.9 Å². The van der Waals surface area contributed by atoms with E-state index < -0.39 is 11.9 Å². The van der Waals surface area contributed by atoms with Crippen LogP contribution in [0.15, 0.2) is 23.8 Å². The summed E-state index contributed by atoms with van der Waals surface area (Å²) in [5.74, 6) is 4.31. The molecule has 0 aromatic heterocycles. The summed E-state index contributed by atoms with van der Waals surface area (Å²) in [6, 6.07) is 0. The van der Waals surface area contributed by atoms with Gasteiger partial charge in [-0.2, -0.15) is 0 Å². The zero-order valence-electron chi connectivity index (χ0n) is 24.0. The second-order valence-corrected chi connectivity index (χ2v) is 14.0. The number of allylic oxidation sites excluding steroid dienone is 4. The van der Waals surface area contributed by atoms with E-state index in [1.165, 1.54) is 38.5 Å². The number of aliphatic hydroxyl groups is 1. The lowest BCUT2D eigenvalue weighted by Gasteiger charge is -2.58. The Morgan fingerprint density at radius 2 is 1.83 bits per heavy atom. The molecular formula is C33H54O3. The fraction of sp³-hybridized carbons (Fsp3) is 0.848. The van der Waals surface area contributed by atoms with Gasteiger partial charge in [-0.3, -0.25) is 4.79 Å². The van der Waals surface area contributed by atoms with Gasteiger partial charge in [0.05, 0.1) is 5.92 Å². The molecule has 3 heteroatoms. The molecule has 3 nitrogen and oxygen atoms in total. The Labute approximate surface area is 221 Å². The molecule has 0 heterocycles. The molecule has 36 heavy (non-hydrogen) atoms. The SMILES string of the molecule is CC[C@H](/C=C/[C@@H](C)[C@H]1CC[C@H]2[C@@H]3CC=C4C[C@@H](C(CCO)C(=O)O)CC[C@]4(C)[C@H]3CC[C@]12C)C(C)C. The van der Waals surface area contributed by atoms with E-state index in [9.17, 15) is 15.0 Å². The maximum Gasteiger partial charge on any atom is 0.306 e. The van der Waals surface area contributed by atoms with Gasteiger partial charge in [-0.1, -0.05) is 65.3 Å². The molecule has 0 saturated heterocycles. The van der Waals surface area contributed by atoms with Gasteiger partial charge in [-0.15, -0.1) is 0 Å². The summed E-state index contributed by atoms with van der Waals surface area (Å²) in [4.78, 5) is 11.9. The fourth-order valence-corrected chi connectivity index (χ4v) is 9.92. The van der Waals surface area contributed by atoms with Crippen molar-refractivity contribution in [3.8, 4) is 0 Å². The molecule has 0 bridgehead atoms. The third-order valence-corrected chi connectivity index (χ3v) is 12.2. The van der Waals surface area contributed by atoms with Crippen LogP contribution in [-0.2, 0) is 4.79 Å². The average Bonchev–Trinajstić information content (AvgIpc) is 3.19. The normalized spacial score (nSPS) is 40.8. The molecule has 0 aromatic rings. The second-order valence-electron chi connectivity index (χ2n) is 14.0. The summed E-state index contributed by atoms with van der Waals surface area (Å²) in [5.41, 5.74) is 2.26. The van der Waals surface area contributed by atoms with Crippen LogP contribution in [0.2, 0.25) is 0 Å². The monoisotopic (exact) mass is 498 g/mol. The van der Waals surface area contributed by atoms with E-state index in [0.717, 1.165) is 42.9 Å². The highest BCUT2D eigenvalue weighted by molar-refractivity contribution is 5.70.